The molecule has 0 aromatic carbocycles. The Bertz CT molecular complexity index is 169. The molecule has 1 atom stereocenters. The largest absolute Gasteiger partial charge is 0.353 e. The van der Waals surface area contributed by atoms with E-state index in [0.717, 1.165) is 6.54 Å². The van der Waals surface area contributed by atoms with Crippen LogP contribution in [0.1, 0.15) is 20.8 Å². The fourth-order valence-electron chi connectivity index (χ4n) is 1.25. The van der Waals surface area contributed by atoms with Crippen LogP contribution in [0.2, 0.25) is 0 Å². The van der Waals surface area contributed by atoms with Gasteiger partial charge in [0.2, 0.25) is 5.91 Å². The first-order valence-corrected chi connectivity index (χ1v) is 5.09. The molecule has 0 fully saturated rings. The average molecular weight is 201 g/mol. The Morgan fingerprint density at radius 2 is 1.86 bits per heavy atom. The van der Waals surface area contributed by atoms with Gasteiger partial charge in [-0.2, -0.15) is 0 Å². The van der Waals surface area contributed by atoms with Crippen LogP contribution in [-0.4, -0.2) is 50.1 Å². The van der Waals surface area contributed by atoms with E-state index in [-0.39, 0.29) is 11.9 Å². The van der Waals surface area contributed by atoms with Crippen LogP contribution in [0.3, 0.4) is 0 Å². The van der Waals surface area contributed by atoms with Gasteiger partial charge in [-0.25, -0.2) is 0 Å². The molecule has 0 unspecified atom stereocenters. The van der Waals surface area contributed by atoms with E-state index in [4.69, 9.17) is 0 Å². The Hall–Kier alpha value is -0.610. The van der Waals surface area contributed by atoms with Crippen LogP contribution in [0.15, 0.2) is 0 Å². The van der Waals surface area contributed by atoms with E-state index < -0.39 is 0 Å². The molecule has 0 heterocycles. The van der Waals surface area contributed by atoms with Gasteiger partial charge in [0.15, 0.2) is 0 Å². The van der Waals surface area contributed by atoms with Crippen molar-refractivity contribution in [2.75, 3.05) is 27.2 Å². The van der Waals surface area contributed by atoms with E-state index >= 15 is 0 Å². The van der Waals surface area contributed by atoms with Crippen LogP contribution in [0.5, 0.6) is 0 Å². The Labute approximate surface area is 87.0 Å². The van der Waals surface area contributed by atoms with Gasteiger partial charge in [0.1, 0.15) is 0 Å². The Morgan fingerprint density at radius 1 is 1.29 bits per heavy atom. The number of nitrogens with one attached hydrogen (secondary N) is 2. The standard InChI is InChI=1S/C10H23N3O/c1-8(2)12-10(14)6-11-9(3)7-13(4)5/h8-9,11H,6-7H2,1-5H3,(H,12,14)/t9-/m0/s1. The normalized spacial score (nSPS) is 13.4. The molecule has 0 saturated carbocycles. The lowest BCUT2D eigenvalue weighted by Crippen LogP contribution is -2.43. The van der Waals surface area contributed by atoms with Crippen LogP contribution in [0.4, 0.5) is 0 Å². The molecule has 0 aliphatic heterocycles. The highest BCUT2D eigenvalue weighted by atomic mass is 16.1. The summed E-state index contributed by atoms with van der Waals surface area (Å²) in [5.74, 6) is 0.0607. The molecular weight excluding hydrogens is 178 g/mol. The summed E-state index contributed by atoms with van der Waals surface area (Å²) in [6, 6.07) is 0.552. The zero-order valence-electron chi connectivity index (χ0n) is 9.92. The highest BCUT2D eigenvalue weighted by Crippen LogP contribution is 1.84. The summed E-state index contributed by atoms with van der Waals surface area (Å²) in [6.45, 7) is 7.33. The fraction of sp³-hybridized carbons (Fsp3) is 0.900. The molecule has 0 bridgehead atoms. The summed E-state index contributed by atoms with van der Waals surface area (Å²) >= 11 is 0. The van der Waals surface area contributed by atoms with Crippen LogP contribution in [0.25, 0.3) is 0 Å². The molecular formula is C10H23N3O. The minimum atomic E-state index is 0.0607. The van der Waals surface area contributed by atoms with Crippen molar-refractivity contribution in [3.63, 3.8) is 0 Å². The van der Waals surface area contributed by atoms with E-state index in [1.807, 2.05) is 27.9 Å². The number of amides is 1. The maximum atomic E-state index is 11.3. The van der Waals surface area contributed by atoms with Gasteiger partial charge in [0.05, 0.1) is 6.54 Å². The summed E-state index contributed by atoms with van der Waals surface area (Å²) in [5, 5.41) is 6.00. The molecule has 0 rings (SSSR count). The molecule has 14 heavy (non-hydrogen) atoms. The molecule has 0 aliphatic rings. The number of carbonyl (C=O) groups excluding carboxylic acids is 1. The van der Waals surface area contributed by atoms with Gasteiger partial charge in [-0.15, -0.1) is 0 Å². The first-order valence-electron chi connectivity index (χ1n) is 5.09. The molecule has 0 aromatic rings. The van der Waals surface area contributed by atoms with Crippen LogP contribution in [-0.2, 0) is 4.79 Å². The Balaban J connectivity index is 3.56. The number of nitrogens with zero attached hydrogens (tertiary/aromatic N) is 1. The second-order valence-corrected chi connectivity index (χ2v) is 4.27. The van der Waals surface area contributed by atoms with Crippen molar-refractivity contribution in [2.45, 2.75) is 32.9 Å². The third kappa shape index (κ3) is 8.01. The van der Waals surface area contributed by atoms with Crippen molar-refractivity contribution in [3.05, 3.63) is 0 Å². The maximum absolute atomic E-state index is 11.3. The molecule has 4 nitrogen and oxygen atoms in total. The van der Waals surface area contributed by atoms with Gasteiger partial charge in [0, 0.05) is 18.6 Å². The van der Waals surface area contributed by atoms with E-state index in [1.54, 1.807) is 0 Å². The third-order valence-corrected chi connectivity index (χ3v) is 1.70. The van der Waals surface area contributed by atoms with Crippen molar-refractivity contribution in [1.82, 2.24) is 15.5 Å². The zero-order valence-corrected chi connectivity index (χ0v) is 9.92. The molecule has 0 radical (unpaired) electrons. The van der Waals surface area contributed by atoms with Gasteiger partial charge < -0.3 is 15.5 Å². The molecule has 2 N–H and O–H groups in total. The first-order chi connectivity index (χ1) is 6.41. The molecule has 0 aromatic heterocycles. The number of hydrogen-bond acceptors (Lipinski definition) is 3. The third-order valence-electron chi connectivity index (χ3n) is 1.70. The van der Waals surface area contributed by atoms with E-state index in [2.05, 4.69) is 22.5 Å². The van der Waals surface area contributed by atoms with Gasteiger partial charge in [-0.3, -0.25) is 4.79 Å². The van der Waals surface area contributed by atoms with Gasteiger partial charge >= 0.3 is 0 Å². The summed E-state index contributed by atoms with van der Waals surface area (Å²) in [6.07, 6.45) is 0. The molecule has 4 heteroatoms. The van der Waals surface area contributed by atoms with Crippen molar-refractivity contribution in [2.24, 2.45) is 0 Å². The van der Waals surface area contributed by atoms with Gasteiger partial charge in [-0.1, -0.05) is 0 Å². The predicted octanol–water partition coefficient (Wildman–Crippen LogP) is 0.0507. The van der Waals surface area contributed by atoms with Crippen molar-refractivity contribution >= 4 is 5.91 Å². The highest BCUT2D eigenvalue weighted by Gasteiger charge is 2.06. The highest BCUT2D eigenvalue weighted by molar-refractivity contribution is 5.78. The SMILES string of the molecule is CC(C)NC(=O)CN[C@@H](C)CN(C)C. The summed E-state index contributed by atoms with van der Waals surface area (Å²) in [7, 11) is 4.04. The number of carbonyl (C=O) groups is 1. The number of rotatable bonds is 6. The molecule has 84 valence electrons. The average Bonchev–Trinajstić information content (AvgIpc) is 1.98. The van der Waals surface area contributed by atoms with Gasteiger partial charge in [0.25, 0.3) is 0 Å². The van der Waals surface area contributed by atoms with Crippen molar-refractivity contribution in [1.29, 1.82) is 0 Å². The molecule has 0 aliphatic carbocycles. The van der Waals surface area contributed by atoms with Crippen molar-refractivity contribution < 1.29 is 4.79 Å². The van der Waals surface area contributed by atoms with E-state index in [9.17, 15) is 4.79 Å². The maximum Gasteiger partial charge on any atom is 0.234 e. The van der Waals surface area contributed by atoms with E-state index in [0.29, 0.717) is 12.6 Å². The Morgan fingerprint density at radius 3 is 2.29 bits per heavy atom. The lowest BCUT2D eigenvalue weighted by Gasteiger charge is -2.18. The number of hydrogen-bond donors (Lipinski definition) is 2. The molecule has 0 saturated heterocycles. The molecule has 0 spiro atoms. The fourth-order valence-corrected chi connectivity index (χ4v) is 1.25. The summed E-state index contributed by atoms with van der Waals surface area (Å²) in [4.78, 5) is 13.4. The number of likely N-dealkylation sites (N-methyl/N-ethyl adjacent to an activating group) is 1. The van der Waals surface area contributed by atoms with Gasteiger partial charge in [-0.05, 0) is 34.9 Å². The summed E-state index contributed by atoms with van der Waals surface area (Å²) < 4.78 is 0. The predicted molar refractivity (Wildman–Crippen MR) is 59.3 cm³/mol. The topological polar surface area (TPSA) is 44.4 Å². The summed E-state index contributed by atoms with van der Waals surface area (Å²) in [5.41, 5.74) is 0. The van der Waals surface area contributed by atoms with Crippen LogP contribution < -0.4 is 10.6 Å². The lowest BCUT2D eigenvalue weighted by atomic mass is 10.3. The minimum Gasteiger partial charge on any atom is -0.353 e. The quantitative estimate of drug-likeness (QED) is 0.638. The Kier molecular flexibility index (Phi) is 6.49. The van der Waals surface area contributed by atoms with Crippen molar-refractivity contribution in [3.8, 4) is 0 Å². The van der Waals surface area contributed by atoms with Crippen LogP contribution in [0, 0.1) is 0 Å². The van der Waals surface area contributed by atoms with Crippen LogP contribution >= 0.6 is 0 Å². The molecule has 1 amide bonds. The zero-order chi connectivity index (χ0) is 11.1. The second-order valence-electron chi connectivity index (χ2n) is 4.27. The minimum absolute atomic E-state index is 0.0607. The van der Waals surface area contributed by atoms with E-state index in [1.165, 1.54) is 0 Å². The second kappa shape index (κ2) is 6.79. The lowest BCUT2D eigenvalue weighted by molar-refractivity contribution is -0.120. The smallest absolute Gasteiger partial charge is 0.234 e. The first kappa shape index (κ1) is 13.4. The monoisotopic (exact) mass is 201 g/mol.